The number of Topliss-reactive ketones (excluding diaryl/α,β-unsaturated/α-hetero) is 1. The van der Waals surface area contributed by atoms with E-state index < -0.39 is 21.7 Å². The van der Waals surface area contributed by atoms with Crippen LogP contribution in [0.4, 0.5) is 10.1 Å². The second-order valence-corrected chi connectivity index (χ2v) is 9.20. The third-order valence-electron chi connectivity index (χ3n) is 5.06. The fraction of sp³-hybridized carbons (Fsp3) is 0.304. The molecule has 3 rings (SSSR count). The zero-order chi connectivity index (χ0) is 22.9. The Kier molecular flexibility index (Phi) is 6.31. The predicted molar refractivity (Wildman–Crippen MR) is 116 cm³/mol. The highest BCUT2D eigenvalue weighted by Crippen LogP contribution is 2.33. The number of sulfonamides is 1. The number of hydrogen-bond acceptors (Lipinski definition) is 5. The quantitative estimate of drug-likeness (QED) is 0.461. The summed E-state index contributed by atoms with van der Waals surface area (Å²) in [6.07, 6.45) is 1.25. The molecule has 2 aromatic carbocycles. The predicted octanol–water partition coefficient (Wildman–Crippen LogP) is 5.30. The van der Waals surface area contributed by atoms with Crippen LogP contribution in [0.5, 0.6) is 0 Å². The molecule has 0 N–H and O–H groups in total. The zero-order valence-corrected chi connectivity index (χ0v) is 18.7. The summed E-state index contributed by atoms with van der Waals surface area (Å²) in [5.41, 5.74) is 1.05. The maximum absolute atomic E-state index is 13.6. The Hall–Kier alpha value is -3.00. The van der Waals surface area contributed by atoms with Crippen LogP contribution in [-0.4, -0.2) is 20.1 Å². The second kappa shape index (κ2) is 8.63. The number of furan rings is 1. The van der Waals surface area contributed by atoms with Crippen molar-refractivity contribution in [3.05, 3.63) is 59.1 Å². The molecule has 0 atom stereocenters. The second-order valence-electron chi connectivity index (χ2n) is 7.45. The highest BCUT2D eigenvalue weighted by molar-refractivity contribution is 7.93. The molecule has 1 heterocycles. The van der Waals surface area contributed by atoms with E-state index in [0.29, 0.717) is 35.1 Å². The minimum Gasteiger partial charge on any atom is -0.461 e. The lowest BCUT2D eigenvalue weighted by Crippen LogP contribution is -2.37. The lowest BCUT2D eigenvalue weighted by molar-refractivity contribution is -0.117. The van der Waals surface area contributed by atoms with Gasteiger partial charge in [0.15, 0.2) is 5.78 Å². The largest absolute Gasteiger partial charge is 0.461 e. The first-order valence-corrected chi connectivity index (χ1v) is 11.4. The molecular weight excluding hydrogens is 421 g/mol. The van der Waals surface area contributed by atoms with Crippen LogP contribution in [0.1, 0.15) is 54.8 Å². The first-order chi connectivity index (χ1) is 14.6. The molecule has 8 heteroatoms. The van der Waals surface area contributed by atoms with Gasteiger partial charge in [0.2, 0.25) is 5.91 Å². The van der Waals surface area contributed by atoms with E-state index in [1.165, 1.54) is 32.0 Å². The number of carbonyl (C=O) groups is 2. The standard InChI is InChI=1S/C23H24FNO5S/c1-5-6-7-22(27)25(31(28,29)21-11-8-17(24)12-14(21)2)18-9-10-20-19(13-18)23(15(3)26)16(4)30-20/h8-13H,5-7H2,1-4H3. The van der Waals surface area contributed by atoms with Crippen LogP contribution in [0, 0.1) is 19.7 Å². The van der Waals surface area contributed by atoms with Crippen molar-refractivity contribution in [3.8, 4) is 0 Å². The Bertz CT molecular complexity index is 1280. The Morgan fingerprint density at radius 3 is 2.42 bits per heavy atom. The number of nitrogens with zero attached hydrogens (tertiary/aromatic N) is 1. The molecule has 0 unspecified atom stereocenters. The maximum Gasteiger partial charge on any atom is 0.271 e. The average Bonchev–Trinajstić information content (AvgIpc) is 3.01. The van der Waals surface area contributed by atoms with E-state index in [0.717, 1.165) is 22.5 Å². The van der Waals surface area contributed by atoms with Crippen molar-refractivity contribution >= 4 is 38.4 Å². The van der Waals surface area contributed by atoms with Crippen LogP contribution in [0.3, 0.4) is 0 Å². The minimum absolute atomic E-state index is 0.0258. The number of amides is 1. The number of aryl methyl sites for hydroxylation is 2. The smallest absolute Gasteiger partial charge is 0.271 e. The molecular formula is C23H24FNO5S. The Morgan fingerprint density at radius 2 is 1.81 bits per heavy atom. The first kappa shape index (κ1) is 22.7. The number of rotatable bonds is 7. The van der Waals surface area contributed by atoms with Gasteiger partial charge >= 0.3 is 0 Å². The lowest BCUT2D eigenvalue weighted by atomic mass is 10.1. The average molecular weight is 446 g/mol. The van der Waals surface area contributed by atoms with Gasteiger partial charge in [-0.05, 0) is 69.2 Å². The van der Waals surface area contributed by atoms with Gasteiger partial charge in [-0.1, -0.05) is 13.3 Å². The van der Waals surface area contributed by atoms with Crippen LogP contribution >= 0.6 is 0 Å². The third kappa shape index (κ3) is 4.25. The van der Waals surface area contributed by atoms with Gasteiger partial charge in [-0.3, -0.25) is 9.59 Å². The summed E-state index contributed by atoms with van der Waals surface area (Å²) >= 11 is 0. The van der Waals surface area contributed by atoms with E-state index >= 15 is 0 Å². The van der Waals surface area contributed by atoms with Crippen LogP contribution in [0.25, 0.3) is 11.0 Å². The highest BCUT2D eigenvalue weighted by Gasteiger charge is 2.32. The van der Waals surface area contributed by atoms with Crippen molar-refractivity contribution < 1.29 is 26.8 Å². The molecule has 1 aromatic heterocycles. The van der Waals surface area contributed by atoms with Gasteiger partial charge in [-0.25, -0.2) is 17.1 Å². The van der Waals surface area contributed by atoms with E-state index in [4.69, 9.17) is 4.42 Å². The number of fused-ring (bicyclic) bond motifs is 1. The van der Waals surface area contributed by atoms with Crippen molar-refractivity contribution in [1.82, 2.24) is 0 Å². The fourth-order valence-electron chi connectivity index (χ4n) is 3.62. The summed E-state index contributed by atoms with van der Waals surface area (Å²) in [7, 11) is -4.32. The molecule has 0 aliphatic heterocycles. The molecule has 0 spiro atoms. The molecule has 0 bridgehead atoms. The number of benzene rings is 2. The normalized spacial score (nSPS) is 11.6. The number of halogens is 1. The summed E-state index contributed by atoms with van der Waals surface area (Å²) in [6.45, 7) is 6.42. The fourth-order valence-corrected chi connectivity index (χ4v) is 5.27. The molecule has 6 nitrogen and oxygen atoms in total. The number of carbonyl (C=O) groups excluding carboxylic acids is 2. The summed E-state index contributed by atoms with van der Waals surface area (Å²) in [5.74, 6) is -0.980. The minimum atomic E-state index is -4.32. The molecule has 0 aliphatic carbocycles. The molecule has 0 fully saturated rings. The van der Waals surface area contributed by atoms with Crippen molar-refractivity contribution in [2.75, 3.05) is 4.31 Å². The van der Waals surface area contributed by atoms with Gasteiger partial charge < -0.3 is 4.42 Å². The molecule has 31 heavy (non-hydrogen) atoms. The van der Waals surface area contributed by atoms with E-state index in [9.17, 15) is 22.4 Å². The van der Waals surface area contributed by atoms with Crippen molar-refractivity contribution in [3.63, 3.8) is 0 Å². The summed E-state index contributed by atoms with van der Waals surface area (Å²) in [5, 5.41) is 0.432. The van der Waals surface area contributed by atoms with E-state index in [2.05, 4.69) is 0 Å². The Morgan fingerprint density at radius 1 is 1.10 bits per heavy atom. The monoisotopic (exact) mass is 445 g/mol. The molecule has 3 aromatic rings. The number of hydrogen-bond donors (Lipinski definition) is 0. The van der Waals surface area contributed by atoms with Gasteiger partial charge in [0.05, 0.1) is 16.1 Å². The third-order valence-corrected chi connectivity index (χ3v) is 6.97. The van der Waals surface area contributed by atoms with Gasteiger partial charge in [0.1, 0.15) is 17.2 Å². The number of ketones is 1. The molecule has 1 amide bonds. The summed E-state index contributed by atoms with van der Waals surface area (Å²) < 4.78 is 47.0. The SMILES string of the molecule is CCCCC(=O)N(c1ccc2oc(C)c(C(C)=O)c2c1)S(=O)(=O)c1ccc(F)cc1C. The first-order valence-electron chi connectivity index (χ1n) is 9.96. The highest BCUT2D eigenvalue weighted by atomic mass is 32.2. The van der Waals surface area contributed by atoms with Gasteiger partial charge in [-0.15, -0.1) is 0 Å². The van der Waals surface area contributed by atoms with E-state index in [-0.39, 0.29) is 28.4 Å². The number of anilines is 1. The zero-order valence-electron chi connectivity index (χ0n) is 17.9. The van der Waals surface area contributed by atoms with Crippen molar-refractivity contribution in [1.29, 1.82) is 0 Å². The molecule has 0 saturated carbocycles. The molecule has 0 aliphatic rings. The topological polar surface area (TPSA) is 84.7 Å². The van der Waals surface area contributed by atoms with Crippen molar-refractivity contribution in [2.45, 2.75) is 51.9 Å². The molecule has 164 valence electrons. The van der Waals surface area contributed by atoms with Crippen LogP contribution in [0.15, 0.2) is 45.7 Å². The van der Waals surface area contributed by atoms with Gasteiger partial charge in [-0.2, -0.15) is 0 Å². The van der Waals surface area contributed by atoms with E-state index in [1.807, 2.05) is 6.92 Å². The van der Waals surface area contributed by atoms with Crippen molar-refractivity contribution in [2.24, 2.45) is 0 Å². The van der Waals surface area contributed by atoms with Crippen LogP contribution in [-0.2, 0) is 14.8 Å². The molecule has 0 radical (unpaired) electrons. The van der Waals surface area contributed by atoms with Gasteiger partial charge in [0, 0.05) is 11.8 Å². The lowest BCUT2D eigenvalue weighted by Gasteiger charge is -2.23. The van der Waals surface area contributed by atoms with Crippen LogP contribution in [0.2, 0.25) is 0 Å². The van der Waals surface area contributed by atoms with E-state index in [1.54, 1.807) is 6.92 Å². The van der Waals surface area contributed by atoms with Crippen LogP contribution < -0.4 is 4.31 Å². The number of unbranched alkanes of at least 4 members (excludes halogenated alkanes) is 1. The Labute approximate surface area is 180 Å². The summed E-state index contributed by atoms with van der Waals surface area (Å²) in [4.78, 5) is 25.0. The summed E-state index contributed by atoms with van der Waals surface area (Å²) in [6, 6.07) is 7.79. The maximum atomic E-state index is 13.6. The Balaban J connectivity index is 2.23. The molecule has 0 saturated heterocycles. The van der Waals surface area contributed by atoms with Gasteiger partial charge in [0.25, 0.3) is 10.0 Å².